The van der Waals surface area contributed by atoms with Gasteiger partial charge in [-0.15, -0.1) is 0 Å². The number of nitriles is 1. The molecular formula is C16H12ClNO3. The Balaban J connectivity index is 2.19. The van der Waals surface area contributed by atoms with Crippen LogP contribution in [0.3, 0.4) is 0 Å². The van der Waals surface area contributed by atoms with E-state index in [2.05, 4.69) is 0 Å². The van der Waals surface area contributed by atoms with Gasteiger partial charge in [-0.1, -0.05) is 23.7 Å². The Kier molecular flexibility index (Phi) is 4.46. The molecule has 0 aliphatic rings. The monoisotopic (exact) mass is 301 g/mol. The van der Waals surface area contributed by atoms with Gasteiger partial charge in [-0.25, -0.2) is 4.79 Å². The highest BCUT2D eigenvalue weighted by atomic mass is 35.5. The molecule has 2 rings (SSSR count). The number of rotatable bonds is 4. The molecule has 5 heteroatoms. The van der Waals surface area contributed by atoms with Crippen LogP contribution in [0.1, 0.15) is 27.0 Å². The summed E-state index contributed by atoms with van der Waals surface area (Å²) in [6, 6.07) is 11.8. The van der Waals surface area contributed by atoms with Crippen LogP contribution in [0, 0.1) is 18.3 Å². The SMILES string of the molecule is Cc1c(OCc2ccc(C#N)cc2Cl)cccc1C(=O)O. The van der Waals surface area contributed by atoms with Crippen LogP contribution in [0.4, 0.5) is 0 Å². The largest absolute Gasteiger partial charge is 0.489 e. The molecule has 0 radical (unpaired) electrons. The van der Waals surface area contributed by atoms with E-state index >= 15 is 0 Å². The predicted octanol–water partition coefficient (Wildman–Crippen LogP) is 3.80. The molecule has 0 aliphatic heterocycles. The number of aromatic carboxylic acids is 1. The van der Waals surface area contributed by atoms with Crippen molar-refractivity contribution >= 4 is 17.6 Å². The molecule has 0 bridgehead atoms. The molecule has 21 heavy (non-hydrogen) atoms. The average Bonchev–Trinajstić information content (AvgIpc) is 2.46. The van der Waals surface area contributed by atoms with E-state index in [1.54, 1.807) is 37.3 Å². The number of benzene rings is 2. The number of hydrogen-bond acceptors (Lipinski definition) is 3. The summed E-state index contributed by atoms with van der Waals surface area (Å²) in [5.74, 6) is -0.496. The van der Waals surface area contributed by atoms with E-state index < -0.39 is 5.97 Å². The number of ether oxygens (including phenoxy) is 1. The predicted molar refractivity (Wildman–Crippen MR) is 78.6 cm³/mol. The summed E-state index contributed by atoms with van der Waals surface area (Å²) in [6.07, 6.45) is 0. The Morgan fingerprint density at radius 3 is 2.76 bits per heavy atom. The van der Waals surface area contributed by atoms with Gasteiger partial charge in [0.2, 0.25) is 0 Å². The second-order valence-corrected chi connectivity index (χ2v) is 4.85. The van der Waals surface area contributed by atoms with Crippen molar-refractivity contribution in [2.24, 2.45) is 0 Å². The Labute approximate surface area is 127 Å². The van der Waals surface area contributed by atoms with Crippen LogP contribution < -0.4 is 4.74 Å². The lowest BCUT2D eigenvalue weighted by atomic mass is 10.1. The molecule has 0 spiro atoms. The van der Waals surface area contributed by atoms with Crippen LogP contribution in [0.15, 0.2) is 36.4 Å². The fourth-order valence-electron chi connectivity index (χ4n) is 1.89. The Morgan fingerprint density at radius 1 is 1.38 bits per heavy atom. The molecule has 0 aromatic heterocycles. The van der Waals surface area contributed by atoms with Gasteiger partial charge in [0, 0.05) is 16.1 Å². The molecule has 0 amide bonds. The molecule has 1 N–H and O–H groups in total. The van der Waals surface area contributed by atoms with Crippen LogP contribution in [0.25, 0.3) is 0 Å². The van der Waals surface area contributed by atoms with Gasteiger partial charge in [-0.2, -0.15) is 5.26 Å². The zero-order chi connectivity index (χ0) is 15.4. The van der Waals surface area contributed by atoms with Crippen molar-refractivity contribution in [3.05, 3.63) is 63.7 Å². The van der Waals surface area contributed by atoms with Gasteiger partial charge in [0.15, 0.2) is 0 Å². The topological polar surface area (TPSA) is 70.3 Å². The zero-order valence-electron chi connectivity index (χ0n) is 11.3. The minimum Gasteiger partial charge on any atom is -0.489 e. The highest BCUT2D eigenvalue weighted by Crippen LogP contribution is 2.24. The van der Waals surface area contributed by atoms with Gasteiger partial charge in [0.1, 0.15) is 12.4 Å². The van der Waals surface area contributed by atoms with Crippen molar-refractivity contribution in [3.63, 3.8) is 0 Å². The molecule has 0 saturated carbocycles. The smallest absolute Gasteiger partial charge is 0.336 e. The molecular weight excluding hydrogens is 290 g/mol. The zero-order valence-corrected chi connectivity index (χ0v) is 12.0. The van der Waals surface area contributed by atoms with Crippen LogP contribution in [-0.4, -0.2) is 11.1 Å². The number of halogens is 1. The first-order chi connectivity index (χ1) is 10.0. The van der Waals surface area contributed by atoms with Crippen molar-refractivity contribution in [1.82, 2.24) is 0 Å². The van der Waals surface area contributed by atoms with Crippen molar-refractivity contribution in [3.8, 4) is 11.8 Å². The van der Waals surface area contributed by atoms with E-state index in [-0.39, 0.29) is 12.2 Å². The Bertz CT molecular complexity index is 735. The molecule has 2 aromatic rings. The van der Waals surface area contributed by atoms with Gasteiger partial charge in [0.05, 0.1) is 17.2 Å². The van der Waals surface area contributed by atoms with Crippen molar-refractivity contribution < 1.29 is 14.6 Å². The van der Waals surface area contributed by atoms with Crippen molar-refractivity contribution in [1.29, 1.82) is 5.26 Å². The summed E-state index contributed by atoms with van der Waals surface area (Å²) in [5, 5.41) is 18.3. The maximum atomic E-state index is 11.1. The lowest BCUT2D eigenvalue weighted by molar-refractivity contribution is 0.0695. The highest BCUT2D eigenvalue weighted by molar-refractivity contribution is 6.31. The third-order valence-electron chi connectivity index (χ3n) is 3.08. The van der Waals surface area contributed by atoms with Gasteiger partial charge in [-0.3, -0.25) is 0 Å². The fourth-order valence-corrected chi connectivity index (χ4v) is 2.13. The number of carboxylic acids is 1. The number of carboxylic acid groups (broad SMARTS) is 1. The minimum atomic E-state index is -0.991. The highest BCUT2D eigenvalue weighted by Gasteiger charge is 2.11. The lowest BCUT2D eigenvalue weighted by Gasteiger charge is -2.11. The van der Waals surface area contributed by atoms with Crippen molar-refractivity contribution in [2.45, 2.75) is 13.5 Å². The first-order valence-electron chi connectivity index (χ1n) is 6.17. The standard InChI is InChI=1S/C16H12ClNO3/c1-10-13(16(19)20)3-2-4-15(10)21-9-12-6-5-11(8-18)7-14(12)17/h2-7H,9H2,1H3,(H,19,20). The normalized spacial score (nSPS) is 9.95. The second kappa shape index (κ2) is 6.29. The molecule has 4 nitrogen and oxygen atoms in total. The van der Waals surface area contributed by atoms with E-state index in [4.69, 9.17) is 26.7 Å². The summed E-state index contributed by atoms with van der Waals surface area (Å²) < 4.78 is 5.64. The number of nitrogens with zero attached hydrogens (tertiary/aromatic N) is 1. The summed E-state index contributed by atoms with van der Waals surface area (Å²) in [5.41, 5.74) is 1.98. The quantitative estimate of drug-likeness (QED) is 0.932. The van der Waals surface area contributed by atoms with Crippen LogP contribution in [0.5, 0.6) is 5.75 Å². The summed E-state index contributed by atoms with van der Waals surface area (Å²) in [4.78, 5) is 11.1. The van der Waals surface area contributed by atoms with E-state index in [0.29, 0.717) is 21.9 Å². The molecule has 0 fully saturated rings. The van der Waals surface area contributed by atoms with Crippen LogP contribution in [0.2, 0.25) is 5.02 Å². The molecule has 0 unspecified atom stereocenters. The Hall–Kier alpha value is -2.51. The second-order valence-electron chi connectivity index (χ2n) is 4.44. The summed E-state index contributed by atoms with van der Waals surface area (Å²) in [6.45, 7) is 1.90. The molecule has 106 valence electrons. The molecule has 0 saturated heterocycles. The maximum absolute atomic E-state index is 11.1. The third kappa shape index (κ3) is 3.33. The minimum absolute atomic E-state index is 0.203. The number of carbonyl (C=O) groups is 1. The molecule has 0 aliphatic carbocycles. The third-order valence-corrected chi connectivity index (χ3v) is 3.43. The van der Waals surface area contributed by atoms with Gasteiger partial charge in [-0.05, 0) is 31.2 Å². The summed E-state index contributed by atoms with van der Waals surface area (Å²) >= 11 is 6.07. The average molecular weight is 302 g/mol. The van der Waals surface area contributed by atoms with Crippen molar-refractivity contribution in [2.75, 3.05) is 0 Å². The lowest BCUT2D eigenvalue weighted by Crippen LogP contribution is -2.03. The van der Waals surface area contributed by atoms with Crippen LogP contribution >= 0.6 is 11.6 Å². The molecule has 2 aromatic carbocycles. The van der Waals surface area contributed by atoms with E-state index in [0.717, 1.165) is 5.56 Å². The number of hydrogen-bond donors (Lipinski definition) is 1. The van der Waals surface area contributed by atoms with Gasteiger partial charge in [0.25, 0.3) is 0 Å². The van der Waals surface area contributed by atoms with E-state index in [1.165, 1.54) is 6.07 Å². The van der Waals surface area contributed by atoms with Gasteiger partial charge < -0.3 is 9.84 Å². The van der Waals surface area contributed by atoms with Crippen LogP contribution in [-0.2, 0) is 6.61 Å². The first kappa shape index (κ1) is 14.9. The molecule has 0 atom stereocenters. The summed E-state index contributed by atoms with van der Waals surface area (Å²) in [7, 11) is 0. The van der Waals surface area contributed by atoms with E-state index in [1.807, 2.05) is 6.07 Å². The fraction of sp³-hybridized carbons (Fsp3) is 0.125. The molecule has 0 heterocycles. The Morgan fingerprint density at radius 2 is 2.14 bits per heavy atom. The first-order valence-corrected chi connectivity index (χ1v) is 6.55. The maximum Gasteiger partial charge on any atom is 0.336 e. The van der Waals surface area contributed by atoms with Gasteiger partial charge >= 0.3 is 5.97 Å². The van der Waals surface area contributed by atoms with E-state index in [9.17, 15) is 4.79 Å².